The molecule has 0 spiro atoms. The predicted octanol–water partition coefficient (Wildman–Crippen LogP) is -0.660. The Morgan fingerprint density at radius 3 is 3.00 bits per heavy atom. The summed E-state index contributed by atoms with van der Waals surface area (Å²) >= 11 is 1.63. The van der Waals surface area contributed by atoms with Gasteiger partial charge >= 0.3 is 0 Å². The topological polar surface area (TPSA) is 59.4 Å². The molecule has 18 heavy (non-hydrogen) atoms. The van der Waals surface area contributed by atoms with Crippen LogP contribution in [0.1, 0.15) is 12.6 Å². The maximum absolute atomic E-state index is 11.4. The third-order valence-electron chi connectivity index (χ3n) is 3.03. The Kier molecular flexibility index (Phi) is 5.22. The Labute approximate surface area is 111 Å². The number of H-pyrrole nitrogens is 1. The molecule has 1 aliphatic rings. The van der Waals surface area contributed by atoms with Crippen LogP contribution < -0.4 is 10.5 Å². The van der Waals surface area contributed by atoms with Gasteiger partial charge in [0, 0.05) is 11.8 Å². The molecule has 1 aliphatic heterocycles. The van der Waals surface area contributed by atoms with Crippen molar-refractivity contribution < 1.29 is 9.64 Å². The summed E-state index contributed by atoms with van der Waals surface area (Å²) < 4.78 is 5.32. The lowest BCUT2D eigenvalue weighted by Gasteiger charge is -2.23. The van der Waals surface area contributed by atoms with Crippen molar-refractivity contribution >= 4 is 11.8 Å². The van der Waals surface area contributed by atoms with E-state index in [2.05, 4.69) is 9.97 Å². The second kappa shape index (κ2) is 6.92. The summed E-state index contributed by atoms with van der Waals surface area (Å²) in [5.74, 6) is 0.978. The fourth-order valence-corrected chi connectivity index (χ4v) is 2.87. The molecule has 0 aliphatic carbocycles. The summed E-state index contributed by atoms with van der Waals surface area (Å²) in [5, 5.41) is 0.743. The Hall–Kier alpha value is -0.850. The SMILES string of the molecule is CCc1cc(=O)[nH]c(SCC[NH+]2CCOCC2)n1. The quantitative estimate of drug-likeness (QED) is 0.551. The zero-order valence-electron chi connectivity index (χ0n) is 10.7. The van der Waals surface area contributed by atoms with Crippen LogP contribution in [0.4, 0.5) is 0 Å². The Balaban J connectivity index is 1.82. The van der Waals surface area contributed by atoms with Crippen molar-refractivity contribution in [2.75, 3.05) is 38.6 Å². The van der Waals surface area contributed by atoms with Gasteiger partial charge in [0.25, 0.3) is 5.56 Å². The van der Waals surface area contributed by atoms with Gasteiger partial charge in [-0.25, -0.2) is 4.98 Å². The first-order valence-electron chi connectivity index (χ1n) is 6.42. The van der Waals surface area contributed by atoms with Crippen LogP contribution in [0.25, 0.3) is 0 Å². The molecule has 2 heterocycles. The van der Waals surface area contributed by atoms with E-state index in [1.807, 2.05) is 6.92 Å². The van der Waals surface area contributed by atoms with Crippen LogP contribution in [-0.4, -0.2) is 48.6 Å². The van der Waals surface area contributed by atoms with Gasteiger partial charge in [-0.15, -0.1) is 0 Å². The maximum atomic E-state index is 11.4. The van der Waals surface area contributed by atoms with Gasteiger partial charge in [0.1, 0.15) is 13.1 Å². The molecule has 0 unspecified atom stereocenters. The van der Waals surface area contributed by atoms with Crippen molar-refractivity contribution in [3.05, 3.63) is 22.1 Å². The van der Waals surface area contributed by atoms with Crippen LogP contribution in [0.2, 0.25) is 0 Å². The molecule has 1 fully saturated rings. The van der Waals surface area contributed by atoms with Gasteiger partial charge in [0.15, 0.2) is 5.16 Å². The molecule has 0 aromatic carbocycles. The van der Waals surface area contributed by atoms with Crippen molar-refractivity contribution in [1.29, 1.82) is 0 Å². The third-order valence-corrected chi connectivity index (χ3v) is 3.90. The number of hydrogen-bond donors (Lipinski definition) is 2. The minimum Gasteiger partial charge on any atom is -0.370 e. The minimum atomic E-state index is -0.0527. The summed E-state index contributed by atoms with van der Waals surface area (Å²) in [7, 11) is 0. The molecule has 1 aromatic rings. The molecule has 1 saturated heterocycles. The average Bonchev–Trinajstić information content (AvgIpc) is 2.39. The Bertz CT molecular complexity index is 430. The number of hydrogen-bond acceptors (Lipinski definition) is 4. The van der Waals surface area contributed by atoms with Crippen LogP contribution in [0.15, 0.2) is 16.0 Å². The fourth-order valence-electron chi connectivity index (χ4n) is 1.94. The van der Waals surface area contributed by atoms with E-state index in [1.54, 1.807) is 22.7 Å². The summed E-state index contributed by atoms with van der Waals surface area (Å²) in [6, 6.07) is 1.57. The number of aromatic amines is 1. The smallest absolute Gasteiger partial charge is 0.251 e. The molecular weight excluding hydrogens is 250 g/mol. The largest absolute Gasteiger partial charge is 0.370 e. The number of thioether (sulfide) groups is 1. The highest BCUT2D eigenvalue weighted by atomic mass is 32.2. The number of ether oxygens (including phenoxy) is 1. The summed E-state index contributed by atoms with van der Waals surface area (Å²) in [4.78, 5) is 20.2. The second-order valence-corrected chi connectivity index (χ2v) is 5.44. The molecule has 0 radical (unpaired) electrons. The predicted molar refractivity (Wildman–Crippen MR) is 71.3 cm³/mol. The highest BCUT2D eigenvalue weighted by Gasteiger charge is 2.13. The van der Waals surface area contributed by atoms with Gasteiger partial charge in [-0.1, -0.05) is 18.7 Å². The maximum Gasteiger partial charge on any atom is 0.251 e. The monoisotopic (exact) mass is 270 g/mol. The molecule has 0 amide bonds. The van der Waals surface area contributed by atoms with Crippen LogP contribution in [0, 0.1) is 0 Å². The van der Waals surface area contributed by atoms with E-state index >= 15 is 0 Å². The van der Waals surface area contributed by atoms with Gasteiger partial charge in [-0.2, -0.15) is 0 Å². The standard InChI is InChI=1S/C12H19N3O2S/c1-2-10-9-11(16)14-12(13-10)18-8-5-15-3-6-17-7-4-15/h9H,2-8H2,1H3,(H,13,14,16)/p+1. The number of nitrogens with one attached hydrogen (secondary N) is 2. The van der Waals surface area contributed by atoms with Gasteiger partial charge in [0.2, 0.25) is 0 Å². The normalized spacial score (nSPS) is 16.9. The number of aromatic nitrogens is 2. The van der Waals surface area contributed by atoms with Gasteiger partial charge in [-0.3, -0.25) is 4.79 Å². The highest BCUT2D eigenvalue weighted by Crippen LogP contribution is 2.09. The molecule has 1 aromatic heterocycles. The molecule has 0 saturated carbocycles. The summed E-state index contributed by atoms with van der Waals surface area (Å²) in [5.41, 5.74) is 0.808. The number of quaternary nitrogens is 1. The van der Waals surface area contributed by atoms with Gasteiger partial charge < -0.3 is 14.6 Å². The molecule has 0 atom stereocenters. The number of morpholine rings is 1. The zero-order chi connectivity index (χ0) is 12.8. The van der Waals surface area contributed by atoms with Gasteiger partial charge in [-0.05, 0) is 6.42 Å². The second-order valence-electron chi connectivity index (χ2n) is 4.36. The van der Waals surface area contributed by atoms with E-state index in [1.165, 1.54) is 0 Å². The Morgan fingerprint density at radius 1 is 1.50 bits per heavy atom. The van der Waals surface area contributed by atoms with Crippen molar-refractivity contribution in [3.8, 4) is 0 Å². The molecule has 2 rings (SSSR count). The van der Waals surface area contributed by atoms with Crippen molar-refractivity contribution in [2.45, 2.75) is 18.5 Å². The first-order valence-corrected chi connectivity index (χ1v) is 7.41. The van der Waals surface area contributed by atoms with E-state index in [0.717, 1.165) is 55.9 Å². The highest BCUT2D eigenvalue weighted by molar-refractivity contribution is 7.99. The van der Waals surface area contributed by atoms with E-state index in [9.17, 15) is 4.79 Å². The van der Waals surface area contributed by atoms with Crippen LogP contribution in [0.3, 0.4) is 0 Å². The lowest BCUT2D eigenvalue weighted by molar-refractivity contribution is -0.905. The van der Waals surface area contributed by atoms with Crippen molar-refractivity contribution in [2.24, 2.45) is 0 Å². The van der Waals surface area contributed by atoms with Crippen molar-refractivity contribution in [1.82, 2.24) is 9.97 Å². The molecule has 6 heteroatoms. The van der Waals surface area contributed by atoms with Crippen molar-refractivity contribution in [3.63, 3.8) is 0 Å². The molecule has 0 bridgehead atoms. The average molecular weight is 270 g/mol. The van der Waals surface area contributed by atoms with E-state index < -0.39 is 0 Å². The fraction of sp³-hybridized carbons (Fsp3) is 0.667. The Morgan fingerprint density at radius 2 is 2.28 bits per heavy atom. The number of aryl methyl sites for hydroxylation is 1. The summed E-state index contributed by atoms with van der Waals surface area (Å²) in [6.07, 6.45) is 0.798. The number of rotatable bonds is 5. The van der Waals surface area contributed by atoms with Crippen LogP contribution in [-0.2, 0) is 11.2 Å². The minimum absolute atomic E-state index is 0.0527. The van der Waals surface area contributed by atoms with E-state index in [4.69, 9.17) is 4.74 Å². The molecule has 2 N–H and O–H groups in total. The van der Waals surface area contributed by atoms with Gasteiger partial charge in [0.05, 0.1) is 25.5 Å². The first-order chi connectivity index (χ1) is 8.78. The lowest BCUT2D eigenvalue weighted by Crippen LogP contribution is -3.14. The zero-order valence-corrected chi connectivity index (χ0v) is 11.5. The third kappa shape index (κ3) is 4.12. The summed E-state index contributed by atoms with van der Waals surface area (Å²) in [6.45, 7) is 6.99. The molecule has 100 valence electrons. The van der Waals surface area contributed by atoms with E-state index in [-0.39, 0.29) is 5.56 Å². The first kappa shape index (κ1) is 13.6. The molecular formula is C12H20N3O2S+. The molecule has 5 nitrogen and oxygen atoms in total. The van der Waals surface area contributed by atoms with Crippen LogP contribution >= 0.6 is 11.8 Å². The van der Waals surface area contributed by atoms with E-state index in [0.29, 0.717) is 0 Å². The lowest BCUT2D eigenvalue weighted by atomic mass is 10.3. The van der Waals surface area contributed by atoms with Crippen LogP contribution in [0.5, 0.6) is 0 Å². The number of nitrogens with zero attached hydrogens (tertiary/aromatic N) is 1.